The third-order valence-corrected chi connectivity index (χ3v) is 4.56. The summed E-state index contributed by atoms with van der Waals surface area (Å²) in [6.45, 7) is 7.47. The van der Waals surface area contributed by atoms with Crippen molar-refractivity contribution < 1.29 is 4.79 Å². The second-order valence-electron chi connectivity index (χ2n) is 6.41. The molecular formula is C17H25N3O. The van der Waals surface area contributed by atoms with Gasteiger partial charge >= 0.3 is 6.03 Å². The van der Waals surface area contributed by atoms with Crippen LogP contribution in [0.25, 0.3) is 0 Å². The fraction of sp³-hybridized carbons (Fsp3) is 0.588. The number of anilines is 1. The Hall–Kier alpha value is -1.55. The summed E-state index contributed by atoms with van der Waals surface area (Å²) in [6, 6.07) is 8.02. The number of rotatable bonds is 3. The van der Waals surface area contributed by atoms with Crippen molar-refractivity contribution in [2.45, 2.75) is 26.2 Å². The maximum absolute atomic E-state index is 12.3. The number of hydrogen-bond donors (Lipinski definition) is 1. The van der Waals surface area contributed by atoms with Gasteiger partial charge in [-0.05, 0) is 62.9 Å². The lowest BCUT2D eigenvalue weighted by atomic mass is 10.1. The van der Waals surface area contributed by atoms with Crippen molar-refractivity contribution in [3.05, 3.63) is 29.8 Å². The van der Waals surface area contributed by atoms with Gasteiger partial charge < -0.3 is 15.1 Å². The van der Waals surface area contributed by atoms with Crippen molar-refractivity contribution in [1.82, 2.24) is 9.80 Å². The summed E-state index contributed by atoms with van der Waals surface area (Å²) in [4.78, 5) is 16.8. The van der Waals surface area contributed by atoms with Gasteiger partial charge in [0, 0.05) is 25.3 Å². The summed E-state index contributed by atoms with van der Waals surface area (Å²) in [5.74, 6) is 0.645. The Morgan fingerprint density at radius 2 is 2.10 bits per heavy atom. The summed E-state index contributed by atoms with van der Waals surface area (Å²) in [5.41, 5.74) is 2.06. The summed E-state index contributed by atoms with van der Waals surface area (Å²) in [5, 5.41) is 3.01. The first-order chi connectivity index (χ1) is 10.2. The summed E-state index contributed by atoms with van der Waals surface area (Å²) < 4.78 is 0. The van der Waals surface area contributed by atoms with Gasteiger partial charge in [0.2, 0.25) is 0 Å². The second-order valence-corrected chi connectivity index (χ2v) is 6.41. The lowest BCUT2D eigenvalue weighted by Gasteiger charge is -2.21. The zero-order valence-corrected chi connectivity index (χ0v) is 12.8. The summed E-state index contributed by atoms with van der Waals surface area (Å²) in [7, 11) is 0. The first-order valence-corrected chi connectivity index (χ1v) is 8.05. The SMILES string of the molecule is Cc1cccc(NC(=O)N2CCC(CN3CCCC3)C2)c1. The van der Waals surface area contributed by atoms with Crippen LogP contribution in [-0.2, 0) is 0 Å². The van der Waals surface area contributed by atoms with Crippen molar-refractivity contribution >= 4 is 11.7 Å². The monoisotopic (exact) mass is 287 g/mol. The maximum atomic E-state index is 12.3. The Balaban J connectivity index is 1.49. The molecule has 2 aliphatic rings. The molecule has 2 fully saturated rings. The zero-order chi connectivity index (χ0) is 14.7. The molecule has 0 spiro atoms. The van der Waals surface area contributed by atoms with E-state index in [1.807, 2.05) is 36.1 Å². The molecule has 0 saturated carbocycles. The molecule has 1 aromatic carbocycles. The number of carbonyl (C=O) groups is 1. The van der Waals surface area contributed by atoms with E-state index < -0.39 is 0 Å². The molecule has 2 saturated heterocycles. The number of aryl methyl sites for hydroxylation is 1. The fourth-order valence-corrected chi connectivity index (χ4v) is 3.42. The number of urea groups is 1. The number of likely N-dealkylation sites (tertiary alicyclic amines) is 2. The normalized spacial score (nSPS) is 22.7. The highest BCUT2D eigenvalue weighted by Crippen LogP contribution is 2.21. The largest absolute Gasteiger partial charge is 0.324 e. The first kappa shape index (κ1) is 14.4. The molecule has 0 aliphatic carbocycles. The van der Waals surface area contributed by atoms with E-state index >= 15 is 0 Å². The molecule has 2 amide bonds. The van der Waals surface area contributed by atoms with E-state index in [-0.39, 0.29) is 6.03 Å². The molecule has 2 aliphatic heterocycles. The minimum atomic E-state index is 0.0459. The number of amides is 2. The van der Waals surface area contributed by atoms with Gasteiger partial charge in [0.1, 0.15) is 0 Å². The molecule has 1 aromatic rings. The number of carbonyl (C=O) groups excluding carboxylic acids is 1. The first-order valence-electron chi connectivity index (χ1n) is 8.05. The van der Waals surface area contributed by atoms with E-state index in [1.165, 1.54) is 31.5 Å². The van der Waals surface area contributed by atoms with Crippen LogP contribution in [0, 0.1) is 12.8 Å². The standard InChI is InChI=1S/C17H25N3O/c1-14-5-4-6-16(11-14)18-17(21)20-10-7-15(13-20)12-19-8-2-3-9-19/h4-6,11,15H,2-3,7-10,12-13H2,1H3,(H,18,21). The van der Waals surface area contributed by atoms with Crippen molar-refractivity contribution in [2.24, 2.45) is 5.92 Å². The van der Waals surface area contributed by atoms with E-state index in [9.17, 15) is 4.79 Å². The average Bonchev–Trinajstić information content (AvgIpc) is 3.11. The van der Waals surface area contributed by atoms with Gasteiger partial charge in [0.05, 0.1) is 0 Å². The van der Waals surface area contributed by atoms with Gasteiger partial charge in [-0.2, -0.15) is 0 Å². The van der Waals surface area contributed by atoms with Crippen LogP contribution in [0.5, 0.6) is 0 Å². The van der Waals surface area contributed by atoms with Gasteiger partial charge in [-0.15, -0.1) is 0 Å². The molecule has 21 heavy (non-hydrogen) atoms. The predicted molar refractivity (Wildman–Crippen MR) is 85.6 cm³/mol. The molecule has 4 nitrogen and oxygen atoms in total. The van der Waals surface area contributed by atoms with E-state index in [4.69, 9.17) is 0 Å². The maximum Gasteiger partial charge on any atom is 0.321 e. The van der Waals surface area contributed by atoms with Crippen molar-refractivity contribution in [3.8, 4) is 0 Å². The van der Waals surface area contributed by atoms with Crippen molar-refractivity contribution in [2.75, 3.05) is 38.0 Å². The van der Waals surface area contributed by atoms with Gasteiger partial charge in [-0.1, -0.05) is 12.1 Å². The van der Waals surface area contributed by atoms with Gasteiger partial charge in [0.25, 0.3) is 0 Å². The minimum absolute atomic E-state index is 0.0459. The van der Waals surface area contributed by atoms with Gasteiger partial charge in [-0.3, -0.25) is 0 Å². The molecule has 0 aromatic heterocycles. The Kier molecular flexibility index (Phi) is 4.44. The van der Waals surface area contributed by atoms with Crippen LogP contribution >= 0.6 is 0 Å². The van der Waals surface area contributed by atoms with E-state index in [0.717, 1.165) is 31.7 Å². The molecule has 3 rings (SSSR count). The van der Waals surface area contributed by atoms with E-state index in [1.54, 1.807) is 0 Å². The molecule has 1 unspecified atom stereocenters. The van der Waals surface area contributed by atoms with Gasteiger partial charge in [-0.25, -0.2) is 4.79 Å². The van der Waals surface area contributed by atoms with Crippen LogP contribution in [0.4, 0.5) is 10.5 Å². The fourth-order valence-electron chi connectivity index (χ4n) is 3.42. The predicted octanol–water partition coefficient (Wildman–Crippen LogP) is 2.94. The number of benzene rings is 1. The quantitative estimate of drug-likeness (QED) is 0.927. The number of hydrogen-bond acceptors (Lipinski definition) is 2. The summed E-state index contributed by atoms with van der Waals surface area (Å²) in [6.07, 6.45) is 3.81. The second kappa shape index (κ2) is 6.48. The average molecular weight is 287 g/mol. The van der Waals surface area contributed by atoms with Crippen LogP contribution in [0.15, 0.2) is 24.3 Å². The minimum Gasteiger partial charge on any atom is -0.324 e. The highest BCUT2D eigenvalue weighted by atomic mass is 16.2. The van der Waals surface area contributed by atoms with Crippen molar-refractivity contribution in [3.63, 3.8) is 0 Å². The lowest BCUT2D eigenvalue weighted by Crippen LogP contribution is -2.34. The highest BCUT2D eigenvalue weighted by molar-refractivity contribution is 5.89. The molecule has 114 valence electrons. The Bertz CT molecular complexity index is 497. The zero-order valence-electron chi connectivity index (χ0n) is 12.8. The molecule has 4 heteroatoms. The lowest BCUT2D eigenvalue weighted by molar-refractivity contribution is 0.217. The molecule has 1 atom stereocenters. The molecule has 0 bridgehead atoms. The number of nitrogens with one attached hydrogen (secondary N) is 1. The van der Waals surface area contributed by atoms with Crippen LogP contribution in [0.1, 0.15) is 24.8 Å². The van der Waals surface area contributed by atoms with Crippen LogP contribution in [0.3, 0.4) is 0 Å². The molecule has 2 heterocycles. The summed E-state index contributed by atoms with van der Waals surface area (Å²) >= 11 is 0. The van der Waals surface area contributed by atoms with Crippen molar-refractivity contribution in [1.29, 1.82) is 0 Å². The topological polar surface area (TPSA) is 35.6 Å². The van der Waals surface area contributed by atoms with Crippen LogP contribution in [0.2, 0.25) is 0 Å². The third kappa shape index (κ3) is 3.76. The van der Waals surface area contributed by atoms with E-state index in [0.29, 0.717) is 5.92 Å². The van der Waals surface area contributed by atoms with Crippen LogP contribution in [-0.4, -0.2) is 48.6 Å². The smallest absolute Gasteiger partial charge is 0.321 e. The Morgan fingerprint density at radius 3 is 2.86 bits per heavy atom. The van der Waals surface area contributed by atoms with Crippen LogP contribution < -0.4 is 5.32 Å². The molecule has 0 radical (unpaired) electrons. The Labute approximate surface area is 127 Å². The van der Waals surface area contributed by atoms with Gasteiger partial charge in [0.15, 0.2) is 0 Å². The Morgan fingerprint density at radius 1 is 1.29 bits per heavy atom. The molecular weight excluding hydrogens is 262 g/mol. The number of nitrogens with zero attached hydrogens (tertiary/aromatic N) is 2. The highest BCUT2D eigenvalue weighted by Gasteiger charge is 2.28. The van der Waals surface area contributed by atoms with E-state index in [2.05, 4.69) is 10.2 Å². The molecule has 1 N–H and O–H groups in total. The third-order valence-electron chi connectivity index (χ3n) is 4.56.